The van der Waals surface area contributed by atoms with Crippen LogP contribution < -0.4 is 5.32 Å². The number of guanidine groups is 1. The molecule has 126 valence electrons. The molecule has 23 heavy (non-hydrogen) atoms. The Labute approximate surface area is 163 Å². The average Bonchev–Trinajstić information content (AvgIpc) is 2.77. The number of rotatable bonds is 4. The molecule has 0 saturated heterocycles. The number of nitrogens with zero attached hydrogens (tertiary/aromatic N) is 4. The highest BCUT2D eigenvalue weighted by Crippen LogP contribution is 2.15. The Balaban J connectivity index is 0.00000264. The SMILES string of the molecule is CN=C(NCc1cccc(C)n1)N(C)Cc1cc(Br)cn1C.I. The van der Waals surface area contributed by atoms with Crippen LogP contribution in [0.15, 0.2) is 39.9 Å². The highest BCUT2D eigenvalue weighted by atomic mass is 127. The van der Waals surface area contributed by atoms with Gasteiger partial charge in [0.05, 0.1) is 18.8 Å². The maximum absolute atomic E-state index is 4.49. The van der Waals surface area contributed by atoms with E-state index in [1.807, 2.05) is 39.2 Å². The number of aliphatic imine (C=N–C) groups is 1. The van der Waals surface area contributed by atoms with E-state index < -0.39 is 0 Å². The number of hydrogen-bond donors (Lipinski definition) is 1. The molecule has 2 aromatic rings. The summed E-state index contributed by atoms with van der Waals surface area (Å²) in [4.78, 5) is 10.9. The Morgan fingerprint density at radius 3 is 2.74 bits per heavy atom. The first kappa shape index (κ1) is 20.0. The van der Waals surface area contributed by atoms with Crippen molar-refractivity contribution in [3.63, 3.8) is 0 Å². The summed E-state index contributed by atoms with van der Waals surface area (Å²) in [6.07, 6.45) is 2.05. The Kier molecular flexibility index (Phi) is 8.04. The normalized spacial score (nSPS) is 11.1. The molecule has 0 unspecified atom stereocenters. The standard InChI is InChI=1S/C16H22BrN5.HI/c1-12-6-5-7-14(20-12)9-19-16(18-2)22(4)11-15-8-13(17)10-21(15)3;/h5-8,10H,9,11H2,1-4H3,(H,18,19);1H. The number of aryl methyl sites for hydroxylation is 2. The van der Waals surface area contributed by atoms with E-state index in [0.717, 1.165) is 28.4 Å². The van der Waals surface area contributed by atoms with Crippen molar-refractivity contribution in [2.45, 2.75) is 20.0 Å². The number of nitrogens with one attached hydrogen (secondary N) is 1. The summed E-state index contributed by atoms with van der Waals surface area (Å²) >= 11 is 3.50. The van der Waals surface area contributed by atoms with Crippen molar-refractivity contribution in [3.8, 4) is 0 Å². The summed E-state index contributed by atoms with van der Waals surface area (Å²) in [5.41, 5.74) is 3.25. The van der Waals surface area contributed by atoms with Gasteiger partial charge in [0.25, 0.3) is 0 Å². The van der Waals surface area contributed by atoms with E-state index in [9.17, 15) is 0 Å². The molecule has 0 aliphatic rings. The van der Waals surface area contributed by atoms with Gasteiger partial charge >= 0.3 is 0 Å². The zero-order valence-corrected chi connectivity index (χ0v) is 17.8. The molecule has 5 nitrogen and oxygen atoms in total. The first-order chi connectivity index (χ1) is 10.5. The van der Waals surface area contributed by atoms with Crippen molar-refractivity contribution < 1.29 is 0 Å². The van der Waals surface area contributed by atoms with Crippen molar-refractivity contribution in [3.05, 3.63) is 52.0 Å². The first-order valence-corrected chi connectivity index (χ1v) is 7.94. The smallest absolute Gasteiger partial charge is 0.194 e. The molecule has 0 aromatic carbocycles. The summed E-state index contributed by atoms with van der Waals surface area (Å²) in [5.74, 6) is 0.848. The van der Waals surface area contributed by atoms with Crippen molar-refractivity contribution in [2.24, 2.45) is 12.0 Å². The van der Waals surface area contributed by atoms with Crippen LogP contribution in [0, 0.1) is 6.92 Å². The molecule has 2 rings (SSSR count). The van der Waals surface area contributed by atoms with E-state index in [2.05, 4.69) is 53.0 Å². The van der Waals surface area contributed by atoms with Crippen LogP contribution in [0.4, 0.5) is 0 Å². The largest absolute Gasteiger partial charge is 0.352 e. The molecule has 0 saturated carbocycles. The van der Waals surface area contributed by atoms with E-state index in [-0.39, 0.29) is 24.0 Å². The second kappa shape index (κ2) is 9.27. The molecule has 2 aromatic heterocycles. The second-order valence-corrected chi connectivity index (χ2v) is 6.20. The van der Waals surface area contributed by atoms with Gasteiger partial charge in [0.2, 0.25) is 0 Å². The maximum atomic E-state index is 4.49. The van der Waals surface area contributed by atoms with Gasteiger partial charge in [-0.05, 0) is 41.1 Å². The summed E-state index contributed by atoms with van der Waals surface area (Å²) in [5, 5.41) is 3.35. The molecule has 0 fully saturated rings. The third-order valence-corrected chi connectivity index (χ3v) is 3.85. The lowest BCUT2D eigenvalue weighted by molar-refractivity contribution is 0.461. The van der Waals surface area contributed by atoms with Gasteiger partial charge in [-0.3, -0.25) is 9.98 Å². The van der Waals surface area contributed by atoms with Crippen LogP contribution in [-0.4, -0.2) is 34.5 Å². The van der Waals surface area contributed by atoms with Crippen LogP contribution >= 0.6 is 39.9 Å². The molecule has 2 heterocycles. The molecule has 7 heteroatoms. The first-order valence-electron chi connectivity index (χ1n) is 7.14. The molecule has 0 atom stereocenters. The van der Waals surface area contributed by atoms with E-state index >= 15 is 0 Å². The van der Waals surface area contributed by atoms with Gasteiger partial charge in [0.1, 0.15) is 0 Å². The summed E-state index contributed by atoms with van der Waals surface area (Å²) in [6, 6.07) is 8.15. The summed E-state index contributed by atoms with van der Waals surface area (Å²) < 4.78 is 3.20. The molecule has 0 bridgehead atoms. The van der Waals surface area contributed by atoms with Crippen LogP contribution in [0.5, 0.6) is 0 Å². The van der Waals surface area contributed by atoms with Crippen molar-refractivity contribution in [2.75, 3.05) is 14.1 Å². The number of aromatic nitrogens is 2. The minimum absolute atomic E-state index is 0. The third-order valence-electron chi connectivity index (χ3n) is 3.42. The minimum atomic E-state index is 0. The fourth-order valence-electron chi connectivity index (χ4n) is 2.29. The van der Waals surface area contributed by atoms with Crippen LogP contribution in [0.2, 0.25) is 0 Å². The third kappa shape index (κ3) is 5.80. The minimum Gasteiger partial charge on any atom is -0.352 e. The van der Waals surface area contributed by atoms with Crippen LogP contribution in [0.25, 0.3) is 0 Å². The molecule has 0 spiro atoms. The lowest BCUT2D eigenvalue weighted by atomic mass is 10.3. The predicted octanol–water partition coefficient (Wildman–Crippen LogP) is 3.32. The molecule has 1 N–H and O–H groups in total. The monoisotopic (exact) mass is 491 g/mol. The van der Waals surface area contributed by atoms with Crippen LogP contribution in [-0.2, 0) is 20.1 Å². The fraction of sp³-hybridized carbons (Fsp3) is 0.375. The highest BCUT2D eigenvalue weighted by molar-refractivity contribution is 14.0. The Hall–Kier alpha value is -1.09. The molecule has 0 amide bonds. The molecule has 0 aliphatic heterocycles. The van der Waals surface area contributed by atoms with E-state index in [1.54, 1.807) is 7.05 Å². The Bertz CT molecular complexity index is 668. The predicted molar refractivity (Wildman–Crippen MR) is 109 cm³/mol. The van der Waals surface area contributed by atoms with Gasteiger partial charge < -0.3 is 14.8 Å². The lowest BCUT2D eigenvalue weighted by Gasteiger charge is -2.22. The van der Waals surface area contributed by atoms with Crippen molar-refractivity contribution in [1.82, 2.24) is 19.8 Å². The Morgan fingerprint density at radius 2 is 2.17 bits per heavy atom. The molecular weight excluding hydrogens is 469 g/mol. The van der Waals surface area contributed by atoms with Gasteiger partial charge in [-0.15, -0.1) is 24.0 Å². The van der Waals surface area contributed by atoms with Gasteiger partial charge in [-0.2, -0.15) is 0 Å². The molecular formula is C16H23BrIN5. The highest BCUT2D eigenvalue weighted by Gasteiger charge is 2.09. The average molecular weight is 492 g/mol. The number of pyridine rings is 1. The topological polar surface area (TPSA) is 45.5 Å². The fourth-order valence-corrected chi connectivity index (χ4v) is 2.86. The van der Waals surface area contributed by atoms with Crippen molar-refractivity contribution >= 4 is 45.9 Å². The zero-order valence-electron chi connectivity index (χ0n) is 13.9. The summed E-state index contributed by atoms with van der Waals surface area (Å²) in [6.45, 7) is 3.44. The summed E-state index contributed by atoms with van der Waals surface area (Å²) in [7, 11) is 5.87. The van der Waals surface area contributed by atoms with Crippen LogP contribution in [0.1, 0.15) is 17.1 Å². The number of halogens is 2. The van der Waals surface area contributed by atoms with E-state index in [0.29, 0.717) is 6.54 Å². The second-order valence-electron chi connectivity index (χ2n) is 5.29. The van der Waals surface area contributed by atoms with Gasteiger partial charge in [-0.25, -0.2) is 0 Å². The van der Waals surface area contributed by atoms with Crippen LogP contribution in [0.3, 0.4) is 0 Å². The van der Waals surface area contributed by atoms with Gasteiger partial charge in [-0.1, -0.05) is 6.07 Å². The van der Waals surface area contributed by atoms with Gasteiger partial charge in [0, 0.05) is 43.2 Å². The molecule has 0 radical (unpaired) electrons. The lowest BCUT2D eigenvalue weighted by Crippen LogP contribution is -2.38. The van der Waals surface area contributed by atoms with Crippen molar-refractivity contribution in [1.29, 1.82) is 0 Å². The Morgan fingerprint density at radius 1 is 1.43 bits per heavy atom. The number of hydrogen-bond acceptors (Lipinski definition) is 2. The maximum Gasteiger partial charge on any atom is 0.194 e. The quantitative estimate of drug-likeness (QED) is 0.405. The molecule has 0 aliphatic carbocycles. The zero-order chi connectivity index (χ0) is 16.1. The van der Waals surface area contributed by atoms with E-state index in [4.69, 9.17) is 0 Å². The van der Waals surface area contributed by atoms with Gasteiger partial charge in [0.15, 0.2) is 5.96 Å². The van der Waals surface area contributed by atoms with E-state index in [1.165, 1.54) is 5.69 Å².